The van der Waals surface area contributed by atoms with Crippen LogP contribution >= 0.6 is 0 Å². The van der Waals surface area contributed by atoms with Gasteiger partial charge >= 0.3 is 0 Å². The van der Waals surface area contributed by atoms with Gasteiger partial charge in [-0.1, -0.05) is 42.5 Å². The number of hydrazone groups is 1. The van der Waals surface area contributed by atoms with E-state index in [1.165, 1.54) is 0 Å². The summed E-state index contributed by atoms with van der Waals surface area (Å²) in [5.41, 5.74) is 3.96. The van der Waals surface area contributed by atoms with Crippen molar-refractivity contribution in [2.24, 2.45) is 11.0 Å². The summed E-state index contributed by atoms with van der Waals surface area (Å²) in [4.78, 5) is 12.2. The lowest BCUT2D eigenvalue weighted by atomic mass is 9.93. The maximum absolute atomic E-state index is 12.2. The topological polar surface area (TPSA) is 54.0 Å². The van der Waals surface area contributed by atoms with Crippen LogP contribution in [0.1, 0.15) is 12.5 Å². The average molecular weight is 256 g/mol. The van der Waals surface area contributed by atoms with Crippen LogP contribution in [0.4, 0.5) is 0 Å². The van der Waals surface area contributed by atoms with Crippen LogP contribution in [0.3, 0.4) is 0 Å². The van der Waals surface area contributed by atoms with Crippen LogP contribution < -0.4 is 5.43 Å². The molecule has 2 aliphatic rings. The Hall–Kier alpha value is -1.94. The summed E-state index contributed by atoms with van der Waals surface area (Å²) in [6.45, 7) is 2.98. The monoisotopic (exact) mass is 256 g/mol. The number of Topliss-reactive ketones (excluding diaryl/α,β-unsaturated/α-hetero) is 1. The highest BCUT2D eigenvalue weighted by Crippen LogP contribution is 2.29. The van der Waals surface area contributed by atoms with Crippen LogP contribution in [0.25, 0.3) is 6.08 Å². The maximum atomic E-state index is 12.2. The van der Waals surface area contributed by atoms with E-state index in [0.29, 0.717) is 18.9 Å². The summed E-state index contributed by atoms with van der Waals surface area (Å²) in [5, 5.41) is 4.12. The van der Waals surface area contributed by atoms with Crippen LogP contribution in [0.2, 0.25) is 0 Å². The van der Waals surface area contributed by atoms with Crippen LogP contribution in [-0.4, -0.2) is 30.2 Å². The van der Waals surface area contributed by atoms with Crippen molar-refractivity contribution >= 4 is 17.6 Å². The molecule has 0 bridgehead atoms. The first-order valence-electron chi connectivity index (χ1n) is 6.41. The molecule has 0 saturated carbocycles. The lowest BCUT2D eigenvalue weighted by molar-refractivity contribution is -0.117. The van der Waals surface area contributed by atoms with Crippen molar-refractivity contribution in [1.29, 1.82) is 0 Å². The third kappa shape index (κ3) is 2.44. The Morgan fingerprint density at radius 1 is 1.47 bits per heavy atom. The highest BCUT2D eigenvalue weighted by atomic mass is 16.6. The van der Waals surface area contributed by atoms with Gasteiger partial charge in [-0.25, -0.2) is 0 Å². The van der Waals surface area contributed by atoms with Gasteiger partial charge in [0.1, 0.15) is 5.71 Å². The van der Waals surface area contributed by atoms with Crippen LogP contribution in [0.15, 0.2) is 41.5 Å². The third-order valence-electron chi connectivity index (χ3n) is 3.47. The minimum atomic E-state index is -0.635. The molecule has 19 heavy (non-hydrogen) atoms. The number of benzene rings is 1. The smallest absolute Gasteiger partial charge is 0.213 e. The zero-order valence-corrected chi connectivity index (χ0v) is 10.8. The first-order valence-corrected chi connectivity index (χ1v) is 6.41. The van der Waals surface area contributed by atoms with E-state index in [-0.39, 0.29) is 11.7 Å². The first kappa shape index (κ1) is 12.1. The molecule has 4 nitrogen and oxygen atoms in total. The van der Waals surface area contributed by atoms with Gasteiger partial charge in [0.2, 0.25) is 5.78 Å². The van der Waals surface area contributed by atoms with Gasteiger partial charge in [-0.2, -0.15) is 5.10 Å². The molecule has 98 valence electrons. The van der Waals surface area contributed by atoms with Gasteiger partial charge in [-0.15, -0.1) is 0 Å². The number of ether oxygens (including phenoxy) is 1. The fraction of sp³-hybridized carbons (Fsp3) is 0.333. The van der Waals surface area contributed by atoms with Gasteiger partial charge in [-0.3, -0.25) is 4.79 Å². The summed E-state index contributed by atoms with van der Waals surface area (Å²) < 4.78 is 5.20. The van der Waals surface area contributed by atoms with Crippen LogP contribution in [-0.2, 0) is 9.53 Å². The Labute approximate surface area is 112 Å². The number of ketones is 1. The Balaban J connectivity index is 1.73. The molecule has 1 aromatic rings. The normalized spacial score (nSPS) is 29.1. The molecule has 0 aliphatic carbocycles. The van der Waals surface area contributed by atoms with Crippen LogP contribution in [0.5, 0.6) is 0 Å². The minimum absolute atomic E-state index is 0.000196. The van der Waals surface area contributed by atoms with E-state index in [2.05, 4.69) is 10.5 Å². The highest BCUT2D eigenvalue weighted by Gasteiger charge is 2.50. The fourth-order valence-corrected chi connectivity index (χ4v) is 2.09. The van der Waals surface area contributed by atoms with E-state index in [9.17, 15) is 4.79 Å². The third-order valence-corrected chi connectivity index (χ3v) is 3.47. The van der Waals surface area contributed by atoms with E-state index >= 15 is 0 Å². The van der Waals surface area contributed by atoms with Crippen molar-refractivity contribution in [2.45, 2.75) is 12.5 Å². The zero-order valence-electron chi connectivity index (χ0n) is 10.8. The molecule has 1 N–H and O–H groups in total. The van der Waals surface area contributed by atoms with Crippen molar-refractivity contribution in [1.82, 2.24) is 5.43 Å². The zero-order chi connectivity index (χ0) is 13.3. The summed E-state index contributed by atoms with van der Waals surface area (Å²) in [7, 11) is 0. The molecular weight excluding hydrogens is 240 g/mol. The van der Waals surface area contributed by atoms with Crippen LogP contribution in [0, 0.1) is 5.92 Å². The molecule has 1 fully saturated rings. The molecule has 0 radical (unpaired) electrons. The van der Waals surface area contributed by atoms with Gasteiger partial charge in [0.05, 0.1) is 6.61 Å². The molecule has 1 aromatic carbocycles. The van der Waals surface area contributed by atoms with Gasteiger partial charge in [0.25, 0.3) is 0 Å². The minimum Gasteiger partial charge on any atom is -0.361 e. The number of epoxide rings is 1. The molecule has 1 saturated heterocycles. The standard InChI is InChI=1S/C15H16N2O2/c1-15(10-19-15)14(18)13-12(9-16-17-13)8-7-11-5-3-2-4-6-11/h2-8,12,16H,9-10H2,1H3/b8-7+/t12-,15-/m1/s1. The van der Waals surface area contributed by atoms with Gasteiger partial charge in [-0.05, 0) is 12.5 Å². The Morgan fingerprint density at radius 3 is 2.89 bits per heavy atom. The number of hydrogen-bond donors (Lipinski definition) is 1. The van der Waals surface area contributed by atoms with Gasteiger partial charge < -0.3 is 10.2 Å². The number of rotatable bonds is 4. The second-order valence-corrected chi connectivity index (χ2v) is 5.08. The predicted octanol–water partition coefficient (Wildman–Crippen LogP) is 1.63. The average Bonchev–Trinajstić information content (AvgIpc) is 3.03. The predicted molar refractivity (Wildman–Crippen MR) is 73.8 cm³/mol. The van der Waals surface area contributed by atoms with Crippen molar-refractivity contribution < 1.29 is 9.53 Å². The molecule has 3 rings (SSSR count). The Kier molecular flexibility index (Phi) is 2.95. The van der Waals surface area contributed by atoms with Crippen molar-refractivity contribution in [3.05, 3.63) is 42.0 Å². The molecule has 0 amide bonds. The van der Waals surface area contributed by atoms with E-state index in [1.807, 2.05) is 49.4 Å². The second-order valence-electron chi connectivity index (χ2n) is 5.08. The van der Waals surface area contributed by atoms with Crippen molar-refractivity contribution in [3.63, 3.8) is 0 Å². The SMILES string of the molecule is C[C@]1(C(=O)C2=NNC[C@H]2/C=C/c2ccccc2)CO1. The summed E-state index contributed by atoms with van der Waals surface area (Å²) in [6.07, 6.45) is 4.05. The lowest BCUT2D eigenvalue weighted by Gasteiger charge is -2.08. The van der Waals surface area contributed by atoms with Gasteiger partial charge in [0, 0.05) is 12.5 Å². The number of carbonyl (C=O) groups excluding carboxylic acids is 1. The summed E-state index contributed by atoms with van der Waals surface area (Å²) >= 11 is 0. The Bertz CT molecular complexity index is 545. The van der Waals surface area contributed by atoms with E-state index in [1.54, 1.807) is 0 Å². The van der Waals surface area contributed by atoms with E-state index < -0.39 is 5.60 Å². The summed E-state index contributed by atoms with van der Waals surface area (Å²) in [5.74, 6) is 0.0222. The lowest BCUT2D eigenvalue weighted by Crippen LogP contribution is -2.32. The second kappa shape index (κ2) is 4.63. The quantitative estimate of drug-likeness (QED) is 0.833. The molecule has 2 aliphatic heterocycles. The molecule has 0 aromatic heterocycles. The largest absolute Gasteiger partial charge is 0.361 e. The number of nitrogens with zero attached hydrogens (tertiary/aromatic N) is 1. The molecule has 2 atom stereocenters. The first-order chi connectivity index (χ1) is 9.19. The fourth-order valence-electron chi connectivity index (χ4n) is 2.09. The van der Waals surface area contributed by atoms with E-state index in [0.717, 1.165) is 5.56 Å². The van der Waals surface area contributed by atoms with Crippen molar-refractivity contribution in [3.8, 4) is 0 Å². The molecule has 2 heterocycles. The summed E-state index contributed by atoms with van der Waals surface area (Å²) in [6, 6.07) is 10.0. The molecule has 0 spiro atoms. The molecule has 0 unspecified atom stereocenters. The Morgan fingerprint density at radius 2 is 2.21 bits per heavy atom. The van der Waals surface area contributed by atoms with E-state index in [4.69, 9.17) is 4.74 Å². The molecule has 4 heteroatoms. The maximum Gasteiger partial charge on any atom is 0.213 e. The van der Waals surface area contributed by atoms with Gasteiger partial charge in [0.15, 0.2) is 5.60 Å². The number of carbonyl (C=O) groups is 1. The number of nitrogens with one attached hydrogen (secondary N) is 1. The number of hydrogen-bond acceptors (Lipinski definition) is 4. The van der Waals surface area contributed by atoms with Crippen molar-refractivity contribution in [2.75, 3.05) is 13.2 Å². The molecular formula is C15H16N2O2. The highest BCUT2D eigenvalue weighted by molar-refractivity contribution is 6.44.